The minimum absolute atomic E-state index is 0.0182. The lowest BCUT2D eigenvalue weighted by Crippen LogP contribution is -2.33. The minimum Gasteiger partial charge on any atom is -0.481 e. The van der Waals surface area contributed by atoms with Crippen LogP contribution in [-0.4, -0.2) is 23.5 Å². The largest absolute Gasteiger partial charge is 0.481 e. The van der Waals surface area contributed by atoms with Crippen LogP contribution < -0.4 is 5.32 Å². The predicted molar refractivity (Wildman–Crippen MR) is 97.1 cm³/mol. The zero-order chi connectivity index (χ0) is 18.8. The molecule has 0 aliphatic heterocycles. The summed E-state index contributed by atoms with van der Waals surface area (Å²) in [6, 6.07) is 10.5. The van der Waals surface area contributed by atoms with Crippen molar-refractivity contribution in [2.75, 3.05) is 6.54 Å². The van der Waals surface area contributed by atoms with Crippen molar-refractivity contribution in [3.05, 3.63) is 69.5 Å². The van der Waals surface area contributed by atoms with Crippen molar-refractivity contribution >= 4 is 35.1 Å². The number of rotatable bonds is 6. The quantitative estimate of drug-likeness (QED) is 0.769. The number of nitrogens with one attached hydrogen (secondary N) is 1. The van der Waals surface area contributed by atoms with Gasteiger partial charge in [0.15, 0.2) is 0 Å². The second-order valence-corrected chi connectivity index (χ2v) is 7.06. The third-order valence-electron chi connectivity index (χ3n) is 4.56. The van der Waals surface area contributed by atoms with Crippen molar-refractivity contribution < 1.29 is 19.1 Å². The molecule has 0 aromatic heterocycles. The highest BCUT2D eigenvalue weighted by Gasteiger charge is 2.45. The van der Waals surface area contributed by atoms with Crippen molar-refractivity contribution in [1.29, 1.82) is 0 Å². The van der Waals surface area contributed by atoms with E-state index in [1.54, 1.807) is 12.1 Å². The van der Waals surface area contributed by atoms with Gasteiger partial charge in [0.05, 0.1) is 16.0 Å². The van der Waals surface area contributed by atoms with Crippen molar-refractivity contribution in [3.63, 3.8) is 0 Å². The normalized spacial score (nSPS) is 19.7. The fraction of sp³-hybridized carbons (Fsp3) is 0.263. The molecule has 0 bridgehead atoms. The molecule has 2 aromatic carbocycles. The minimum atomic E-state index is -1.08. The maximum absolute atomic E-state index is 13.0. The van der Waals surface area contributed by atoms with Crippen LogP contribution in [0.5, 0.6) is 0 Å². The van der Waals surface area contributed by atoms with Gasteiger partial charge in [-0.05, 0) is 41.7 Å². The van der Waals surface area contributed by atoms with Gasteiger partial charge in [-0.2, -0.15) is 0 Å². The van der Waals surface area contributed by atoms with Gasteiger partial charge in [0.1, 0.15) is 5.82 Å². The molecule has 1 aliphatic carbocycles. The molecule has 7 heteroatoms. The zero-order valence-electron chi connectivity index (χ0n) is 13.6. The molecule has 26 heavy (non-hydrogen) atoms. The van der Waals surface area contributed by atoms with Crippen LogP contribution in [0.2, 0.25) is 10.0 Å². The van der Waals surface area contributed by atoms with Crippen molar-refractivity contribution in [2.45, 2.75) is 18.3 Å². The second-order valence-electron chi connectivity index (χ2n) is 6.28. The number of hydrogen-bond donors (Lipinski definition) is 2. The average molecular weight is 396 g/mol. The molecule has 4 nitrogen and oxygen atoms in total. The molecule has 3 unspecified atom stereocenters. The lowest BCUT2D eigenvalue weighted by atomic mass is 9.99. The number of hydrogen-bond acceptors (Lipinski definition) is 2. The van der Waals surface area contributed by atoms with E-state index in [-0.39, 0.29) is 24.3 Å². The Kier molecular flexibility index (Phi) is 5.49. The van der Waals surface area contributed by atoms with E-state index in [1.807, 2.05) is 6.07 Å². The van der Waals surface area contributed by atoms with E-state index in [0.717, 1.165) is 5.56 Å². The van der Waals surface area contributed by atoms with Gasteiger partial charge < -0.3 is 10.4 Å². The number of halogens is 3. The van der Waals surface area contributed by atoms with Crippen LogP contribution in [0, 0.1) is 11.7 Å². The Morgan fingerprint density at radius 3 is 2.54 bits per heavy atom. The SMILES string of the molecule is O=C(O)C(CNC(=O)C1CC1c1cccc(Cl)c1Cl)c1ccc(F)cc1. The van der Waals surface area contributed by atoms with Crippen LogP contribution in [-0.2, 0) is 9.59 Å². The molecule has 0 spiro atoms. The van der Waals surface area contributed by atoms with Crippen LogP contribution in [0.25, 0.3) is 0 Å². The maximum atomic E-state index is 13.0. The standard InChI is InChI=1S/C19H16Cl2FNO3/c20-16-3-1-2-12(17(16)21)13-8-14(13)18(24)23-9-15(19(25)26)10-4-6-11(22)7-5-10/h1-7,13-15H,8-9H2,(H,23,24)(H,25,26). The predicted octanol–water partition coefficient (Wildman–Crippen LogP) is 4.22. The van der Waals surface area contributed by atoms with Crippen LogP contribution in [0.1, 0.15) is 29.4 Å². The lowest BCUT2D eigenvalue weighted by Gasteiger charge is -2.14. The highest BCUT2D eigenvalue weighted by molar-refractivity contribution is 6.42. The molecule has 0 heterocycles. The van der Waals surface area contributed by atoms with Crippen LogP contribution in [0.3, 0.4) is 0 Å². The summed E-state index contributed by atoms with van der Waals surface area (Å²) in [7, 11) is 0. The van der Waals surface area contributed by atoms with E-state index in [2.05, 4.69) is 5.32 Å². The van der Waals surface area contributed by atoms with Gasteiger partial charge in [-0.15, -0.1) is 0 Å². The topological polar surface area (TPSA) is 66.4 Å². The summed E-state index contributed by atoms with van der Waals surface area (Å²) in [6.45, 7) is -0.0632. The van der Waals surface area contributed by atoms with Gasteiger partial charge in [0, 0.05) is 12.5 Å². The number of amides is 1. The van der Waals surface area contributed by atoms with E-state index in [4.69, 9.17) is 23.2 Å². The summed E-state index contributed by atoms with van der Waals surface area (Å²) >= 11 is 12.2. The third kappa shape index (κ3) is 4.00. The van der Waals surface area contributed by atoms with E-state index in [0.29, 0.717) is 22.0 Å². The molecule has 1 saturated carbocycles. The smallest absolute Gasteiger partial charge is 0.312 e. The van der Waals surface area contributed by atoms with Gasteiger partial charge in [-0.3, -0.25) is 9.59 Å². The van der Waals surface area contributed by atoms with Crippen molar-refractivity contribution in [2.24, 2.45) is 5.92 Å². The lowest BCUT2D eigenvalue weighted by molar-refractivity contribution is -0.138. The monoisotopic (exact) mass is 395 g/mol. The van der Waals surface area contributed by atoms with Crippen LogP contribution >= 0.6 is 23.2 Å². The summed E-state index contributed by atoms with van der Waals surface area (Å²) in [5.74, 6) is -2.96. The van der Waals surface area contributed by atoms with Gasteiger partial charge >= 0.3 is 5.97 Å². The first-order valence-electron chi connectivity index (χ1n) is 8.08. The summed E-state index contributed by atoms with van der Waals surface area (Å²) in [4.78, 5) is 23.8. The number of carbonyl (C=O) groups excluding carboxylic acids is 1. The fourth-order valence-electron chi connectivity index (χ4n) is 3.01. The Bertz CT molecular complexity index is 841. The van der Waals surface area contributed by atoms with Crippen molar-refractivity contribution in [1.82, 2.24) is 5.32 Å². The Morgan fingerprint density at radius 1 is 1.19 bits per heavy atom. The van der Waals surface area contributed by atoms with E-state index in [1.165, 1.54) is 24.3 Å². The molecule has 136 valence electrons. The molecular weight excluding hydrogens is 380 g/mol. The highest BCUT2D eigenvalue weighted by atomic mass is 35.5. The molecule has 0 saturated heterocycles. The highest BCUT2D eigenvalue weighted by Crippen LogP contribution is 2.50. The van der Waals surface area contributed by atoms with Gasteiger partial charge in [0.2, 0.25) is 5.91 Å². The Labute approximate surface area is 159 Å². The summed E-state index contributed by atoms with van der Waals surface area (Å²) in [6.07, 6.45) is 0.639. The molecular formula is C19H16Cl2FNO3. The van der Waals surface area contributed by atoms with Crippen LogP contribution in [0.15, 0.2) is 42.5 Å². The Morgan fingerprint density at radius 2 is 1.88 bits per heavy atom. The Hall–Kier alpha value is -2.11. The molecule has 0 radical (unpaired) electrons. The first-order valence-corrected chi connectivity index (χ1v) is 8.84. The van der Waals surface area contributed by atoms with Gasteiger partial charge in [-0.1, -0.05) is 47.5 Å². The number of carboxylic acid groups (broad SMARTS) is 1. The number of aliphatic carboxylic acids is 1. The zero-order valence-corrected chi connectivity index (χ0v) is 15.1. The molecule has 1 aliphatic rings. The molecule has 2 aromatic rings. The van der Waals surface area contributed by atoms with E-state index < -0.39 is 17.7 Å². The van der Waals surface area contributed by atoms with Gasteiger partial charge in [-0.25, -0.2) is 4.39 Å². The maximum Gasteiger partial charge on any atom is 0.312 e. The second kappa shape index (κ2) is 7.64. The number of carbonyl (C=O) groups is 2. The molecule has 1 amide bonds. The van der Waals surface area contributed by atoms with Crippen molar-refractivity contribution in [3.8, 4) is 0 Å². The molecule has 3 atom stereocenters. The number of carboxylic acids is 1. The fourth-order valence-corrected chi connectivity index (χ4v) is 3.46. The average Bonchev–Trinajstić information content (AvgIpc) is 3.39. The first kappa shape index (κ1) is 18.7. The summed E-state index contributed by atoms with van der Waals surface area (Å²) in [5, 5.41) is 13.0. The molecule has 2 N–H and O–H groups in total. The molecule has 1 fully saturated rings. The first-order chi connectivity index (χ1) is 12.4. The summed E-state index contributed by atoms with van der Waals surface area (Å²) in [5.41, 5.74) is 1.26. The van der Waals surface area contributed by atoms with Crippen LogP contribution in [0.4, 0.5) is 4.39 Å². The number of benzene rings is 2. The molecule has 3 rings (SSSR count). The summed E-state index contributed by atoms with van der Waals surface area (Å²) < 4.78 is 13.0. The van der Waals surface area contributed by atoms with E-state index >= 15 is 0 Å². The van der Waals surface area contributed by atoms with E-state index in [9.17, 15) is 19.1 Å². The van der Waals surface area contributed by atoms with Gasteiger partial charge in [0.25, 0.3) is 0 Å². The Balaban J connectivity index is 1.62. The third-order valence-corrected chi connectivity index (χ3v) is 5.39.